The molecule has 27 heavy (non-hydrogen) atoms. The second-order valence-corrected chi connectivity index (χ2v) is 7.65. The van der Waals surface area contributed by atoms with Gasteiger partial charge in [-0.2, -0.15) is 0 Å². The van der Waals surface area contributed by atoms with Crippen LogP contribution >= 0.6 is 23.1 Å². The van der Waals surface area contributed by atoms with Crippen LogP contribution in [0.2, 0.25) is 0 Å². The van der Waals surface area contributed by atoms with Crippen LogP contribution in [0.1, 0.15) is 12.6 Å². The number of amides is 1. The van der Waals surface area contributed by atoms with Crippen molar-refractivity contribution in [2.24, 2.45) is 5.16 Å². The van der Waals surface area contributed by atoms with Gasteiger partial charge in [0.15, 0.2) is 16.9 Å². The topological polar surface area (TPSA) is 176 Å². The van der Waals surface area contributed by atoms with E-state index >= 15 is 0 Å². The van der Waals surface area contributed by atoms with Crippen LogP contribution in [0.25, 0.3) is 0 Å². The number of nitrogens with two attached hydrogens (primary N) is 1. The standard InChI is InChI=1S/C14H15N5O6S2/c1-4-5-2-26-11(18-7(5)13(23)25-4)9(12(21)22)17-10(20)8(19-24)6-3-27-14(15)16-6/h3-4,9,11,18,24H,2H2,1H3,(H2,15,16)(H,17,20)(H,21,22)/b19-8-/t4-,9+,11+/m1/s1. The van der Waals surface area contributed by atoms with Gasteiger partial charge in [-0.3, -0.25) is 4.79 Å². The van der Waals surface area contributed by atoms with E-state index in [2.05, 4.69) is 20.8 Å². The minimum atomic E-state index is -1.41. The number of carbonyl (C=O) groups is 3. The fourth-order valence-electron chi connectivity index (χ4n) is 2.60. The fraction of sp³-hybridized carbons (Fsp3) is 0.357. The van der Waals surface area contributed by atoms with Crippen LogP contribution in [-0.4, -0.2) is 62.1 Å². The molecule has 0 aromatic carbocycles. The van der Waals surface area contributed by atoms with E-state index < -0.39 is 35.0 Å². The number of carbonyl (C=O) groups excluding carboxylic acids is 2. The highest BCUT2D eigenvalue weighted by molar-refractivity contribution is 8.00. The largest absolute Gasteiger partial charge is 0.480 e. The van der Waals surface area contributed by atoms with Crippen LogP contribution in [-0.2, 0) is 19.1 Å². The van der Waals surface area contributed by atoms with Crippen LogP contribution in [0.5, 0.6) is 0 Å². The summed E-state index contributed by atoms with van der Waals surface area (Å²) in [6.45, 7) is 1.73. The van der Waals surface area contributed by atoms with Crippen molar-refractivity contribution < 1.29 is 29.4 Å². The normalized spacial score (nSPS) is 23.3. The van der Waals surface area contributed by atoms with Crippen molar-refractivity contribution in [2.45, 2.75) is 24.4 Å². The van der Waals surface area contributed by atoms with Crippen LogP contribution in [0.3, 0.4) is 0 Å². The Balaban J connectivity index is 1.77. The number of rotatable bonds is 5. The van der Waals surface area contributed by atoms with Crippen LogP contribution < -0.4 is 16.4 Å². The van der Waals surface area contributed by atoms with E-state index in [1.807, 2.05) is 0 Å². The van der Waals surface area contributed by atoms with Crippen LogP contribution in [0.15, 0.2) is 21.8 Å². The maximum atomic E-state index is 12.4. The lowest BCUT2D eigenvalue weighted by Gasteiger charge is -2.29. The lowest BCUT2D eigenvalue weighted by atomic mass is 10.1. The number of hydrogen-bond donors (Lipinski definition) is 5. The molecule has 11 nitrogen and oxygen atoms in total. The van der Waals surface area contributed by atoms with Gasteiger partial charge in [-0.25, -0.2) is 14.6 Å². The first-order valence-corrected chi connectivity index (χ1v) is 9.54. The first-order valence-electron chi connectivity index (χ1n) is 7.61. The van der Waals surface area contributed by atoms with E-state index in [0.29, 0.717) is 5.75 Å². The third kappa shape index (κ3) is 3.68. The molecular weight excluding hydrogens is 398 g/mol. The van der Waals surface area contributed by atoms with E-state index in [4.69, 9.17) is 15.7 Å². The van der Waals surface area contributed by atoms with Gasteiger partial charge >= 0.3 is 11.9 Å². The maximum Gasteiger partial charge on any atom is 0.355 e. The second-order valence-electron chi connectivity index (χ2n) is 5.63. The SMILES string of the molecule is C[C@H]1OC(=O)C2=C1CS[C@@H]([C@H](NC(=O)/C(=N\O)c1csc(N)n1)C(=O)O)N2. The number of nitrogens with zero attached hydrogens (tertiary/aromatic N) is 2. The highest BCUT2D eigenvalue weighted by Crippen LogP contribution is 2.32. The number of anilines is 1. The van der Waals surface area contributed by atoms with Crippen molar-refractivity contribution in [1.82, 2.24) is 15.6 Å². The minimum absolute atomic E-state index is 0.0177. The summed E-state index contributed by atoms with van der Waals surface area (Å²) in [5.74, 6) is -2.45. The number of ether oxygens (including phenoxy) is 1. The molecule has 0 radical (unpaired) electrons. The average molecular weight is 413 g/mol. The molecule has 13 heteroatoms. The van der Waals surface area contributed by atoms with E-state index in [0.717, 1.165) is 16.9 Å². The van der Waals surface area contributed by atoms with Gasteiger partial charge in [-0.15, -0.1) is 23.1 Å². The molecule has 3 atom stereocenters. The Bertz CT molecular complexity index is 866. The van der Waals surface area contributed by atoms with E-state index in [1.54, 1.807) is 6.92 Å². The number of carboxylic acids is 1. The monoisotopic (exact) mass is 413 g/mol. The number of aromatic nitrogens is 1. The van der Waals surface area contributed by atoms with Gasteiger partial charge in [-0.1, -0.05) is 5.16 Å². The minimum Gasteiger partial charge on any atom is -0.480 e. The van der Waals surface area contributed by atoms with E-state index in [-0.39, 0.29) is 22.6 Å². The molecule has 0 fully saturated rings. The Kier molecular flexibility index (Phi) is 5.23. The van der Waals surface area contributed by atoms with Crippen molar-refractivity contribution in [3.8, 4) is 0 Å². The van der Waals surface area contributed by atoms with Crippen molar-refractivity contribution in [1.29, 1.82) is 0 Å². The third-order valence-electron chi connectivity index (χ3n) is 3.94. The average Bonchev–Trinajstić information content (AvgIpc) is 3.16. The summed E-state index contributed by atoms with van der Waals surface area (Å²) < 4.78 is 5.10. The number of nitrogen functional groups attached to an aromatic ring is 1. The molecule has 0 bridgehead atoms. The molecule has 3 heterocycles. The first kappa shape index (κ1) is 19.0. The number of cyclic esters (lactones) is 1. The molecule has 1 amide bonds. The van der Waals surface area contributed by atoms with Gasteiger partial charge in [0.25, 0.3) is 5.91 Å². The molecule has 1 aromatic heterocycles. The summed E-state index contributed by atoms with van der Waals surface area (Å²) in [6, 6.07) is -1.41. The summed E-state index contributed by atoms with van der Waals surface area (Å²) in [4.78, 5) is 39.8. The third-order valence-corrected chi connectivity index (χ3v) is 5.84. The smallest absolute Gasteiger partial charge is 0.355 e. The van der Waals surface area contributed by atoms with Crippen molar-refractivity contribution in [2.75, 3.05) is 11.5 Å². The molecule has 0 saturated heterocycles. The van der Waals surface area contributed by atoms with Gasteiger partial charge < -0.3 is 31.4 Å². The number of oxime groups is 1. The van der Waals surface area contributed by atoms with Crippen molar-refractivity contribution >= 4 is 51.8 Å². The fourth-order valence-corrected chi connectivity index (χ4v) is 4.46. The predicted molar refractivity (Wildman–Crippen MR) is 96.4 cm³/mol. The zero-order chi connectivity index (χ0) is 19.7. The molecule has 2 aliphatic rings. The lowest BCUT2D eigenvalue weighted by molar-refractivity contribution is -0.142. The Morgan fingerprint density at radius 3 is 2.89 bits per heavy atom. The molecule has 144 valence electrons. The predicted octanol–water partition coefficient (Wildman–Crippen LogP) is -0.665. The highest BCUT2D eigenvalue weighted by Gasteiger charge is 2.41. The summed E-state index contributed by atoms with van der Waals surface area (Å²) in [5, 5.41) is 27.4. The number of carboxylic acid groups (broad SMARTS) is 1. The number of aliphatic carboxylic acids is 1. The van der Waals surface area contributed by atoms with Crippen LogP contribution in [0.4, 0.5) is 5.13 Å². The highest BCUT2D eigenvalue weighted by atomic mass is 32.2. The number of nitrogens with one attached hydrogen (secondary N) is 2. The molecular formula is C14H15N5O6S2. The summed E-state index contributed by atoms with van der Waals surface area (Å²) in [7, 11) is 0. The van der Waals surface area contributed by atoms with Crippen molar-refractivity contribution in [3.63, 3.8) is 0 Å². The molecule has 0 unspecified atom stereocenters. The quantitative estimate of drug-likeness (QED) is 0.180. The molecule has 3 rings (SSSR count). The maximum absolute atomic E-state index is 12.4. The van der Waals surface area contributed by atoms with Gasteiger partial charge in [0.1, 0.15) is 22.9 Å². The zero-order valence-corrected chi connectivity index (χ0v) is 15.5. The molecule has 0 spiro atoms. The zero-order valence-electron chi connectivity index (χ0n) is 13.8. The Labute approximate surface area is 160 Å². The molecule has 6 N–H and O–H groups in total. The van der Waals surface area contributed by atoms with Gasteiger partial charge in [0.2, 0.25) is 0 Å². The summed E-state index contributed by atoms with van der Waals surface area (Å²) >= 11 is 2.24. The number of thioether (sulfide) groups is 1. The summed E-state index contributed by atoms with van der Waals surface area (Å²) in [6.07, 6.45) is -0.380. The van der Waals surface area contributed by atoms with Crippen molar-refractivity contribution in [3.05, 3.63) is 22.3 Å². The number of esters is 1. The summed E-state index contributed by atoms with van der Waals surface area (Å²) in [5.41, 5.74) is 6.00. The second kappa shape index (κ2) is 7.44. The molecule has 0 saturated carbocycles. The van der Waals surface area contributed by atoms with E-state index in [1.165, 1.54) is 17.1 Å². The van der Waals surface area contributed by atoms with Gasteiger partial charge in [0, 0.05) is 16.7 Å². The van der Waals surface area contributed by atoms with Crippen LogP contribution in [0, 0.1) is 0 Å². The molecule has 2 aliphatic heterocycles. The van der Waals surface area contributed by atoms with E-state index in [9.17, 15) is 19.5 Å². The molecule has 1 aromatic rings. The number of thiazole rings is 1. The Morgan fingerprint density at radius 1 is 1.56 bits per heavy atom. The molecule has 0 aliphatic carbocycles. The first-order chi connectivity index (χ1) is 12.8. The lowest BCUT2D eigenvalue weighted by Crippen LogP contribution is -2.55. The number of hydrogen-bond acceptors (Lipinski definition) is 11. The Hall–Kier alpha value is -2.80. The van der Waals surface area contributed by atoms with Gasteiger partial charge in [0.05, 0.1) is 0 Å². The van der Waals surface area contributed by atoms with Gasteiger partial charge in [-0.05, 0) is 6.92 Å². The Morgan fingerprint density at radius 2 is 2.30 bits per heavy atom.